The minimum Gasteiger partial charge on any atom is -0.461 e. The molecule has 0 N–H and O–H groups in total. The van der Waals surface area contributed by atoms with E-state index in [0.717, 1.165) is 146 Å². The van der Waals surface area contributed by atoms with Crippen LogP contribution in [0.1, 0.15) is 314 Å². The number of ether oxygens (including phenoxy) is 12. The molecule has 8 aliphatic heterocycles. The number of furan rings is 4. The highest BCUT2D eigenvalue weighted by Crippen LogP contribution is 2.69. The Labute approximate surface area is 674 Å². The molecule has 0 amide bonds. The van der Waals surface area contributed by atoms with Crippen molar-refractivity contribution in [3.8, 4) is 23.0 Å². The van der Waals surface area contributed by atoms with Crippen LogP contribution in [0.4, 0.5) is 0 Å². The zero-order valence-electron chi connectivity index (χ0n) is 77.6. The number of allylic oxidation sites excluding steroid dienone is 1. The normalized spacial score (nSPS) is 24.7. The van der Waals surface area contributed by atoms with Crippen molar-refractivity contribution in [3.05, 3.63) is 118 Å². The van der Waals surface area contributed by atoms with Gasteiger partial charge in [0.05, 0.1) is 61.1 Å². The average molecular weight is 1560 g/mol. The summed E-state index contributed by atoms with van der Waals surface area (Å²) in [6, 6.07) is 2.08. The second-order valence-corrected chi connectivity index (χ2v) is 41.9. The van der Waals surface area contributed by atoms with E-state index in [1.165, 1.54) is 38.8 Å². The van der Waals surface area contributed by atoms with Crippen LogP contribution in [-0.4, -0.2) is 68.7 Å². The highest BCUT2D eigenvalue weighted by Gasteiger charge is 2.75. The summed E-state index contributed by atoms with van der Waals surface area (Å²) in [6.07, 6.45) is 0. The van der Waals surface area contributed by atoms with Crippen molar-refractivity contribution in [2.24, 2.45) is 16.2 Å². The first kappa shape index (κ1) is 84.6. The zero-order chi connectivity index (χ0) is 85.1. The van der Waals surface area contributed by atoms with E-state index in [1.807, 2.05) is 62.3 Å². The standard InChI is InChI=1S/3C25H36O4.C22H28O4/c1-13-16(4)26-19-15(3)18-20(14(2)17(13)19)27-25(22(7,8)21(18,5)6)28-23(9,10)24(11,12)29-25;1-13-14(2)19-18(20-17(13)15(3)16(4)26-20)21(5,6)22(7,8)25(27-19)28-23(9,10)24(11,12)29-25;1-13-14(2)18-20(19-17(13)15(3)16(4)26-19)27-25(22(7,8)21(18,5)6)28-23(9,10)24(11,12)29-25;1-11-14(4)22(25-20(6,7)21(8,9)26-22)24-19-13(3)18-12(2)15(5)23-17(18)10-16(11)19/h3*1-12H3;10H,1-9H3. The molecule has 620 valence electrons. The number of hydrogen-bond acceptors (Lipinski definition) is 16. The summed E-state index contributed by atoms with van der Waals surface area (Å²) < 4.78 is 104. The van der Waals surface area contributed by atoms with Crippen molar-refractivity contribution in [3.63, 3.8) is 0 Å². The van der Waals surface area contributed by atoms with Gasteiger partial charge in [0, 0.05) is 76.7 Å². The van der Waals surface area contributed by atoms with Gasteiger partial charge in [0.1, 0.15) is 57.0 Å². The van der Waals surface area contributed by atoms with E-state index in [9.17, 15) is 0 Å². The quantitative estimate of drug-likeness (QED) is 0.141. The summed E-state index contributed by atoms with van der Waals surface area (Å²) in [5, 5.41) is 4.60. The van der Waals surface area contributed by atoms with Crippen LogP contribution in [0.2, 0.25) is 0 Å². The van der Waals surface area contributed by atoms with Gasteiger partial charge >= 0.3 is 23.9 Å². The Bertz CT molecular complexity index is 5310. The first-order valence-corrected chi connectivity index (χ1v) is 41.1. The lowest BCUT2D eigenvalue weighted by molar-refractivity contribution is -0.382. The maximum atomic E-state index is 6.80. The van der Waals surface area contributed by atoms with Gasteiger partial charge in [-0.25, -0.2) is 0 Å². The lowest BCUT2D eigenvalue weighted by Crippen LogP contribution is -2.63. The highest BCUT2D eigenvalue weighted by molar-refractivity contribution is 5.96. The first-order valence-electron chi connectivity index (χ1n) is 41.1. The molecule has 4 fully saturated rings. The molecule has 0 atom stereocenters. The van der Waals surface area contributed by atoms with Gasteiger partial charge in [0.25, 0.3) is 0 Å². The molecule has 16 heteroatoms. The second-order valence-electron chi connectivity index (χ2n) is 41.9. The molecule has 4 saturated heterocycles. The van der Waals surface area contributed by atoms with E-state index in [2.05, 4.69) is 255 Å². The van der Waals surface area contributed by atoms with Gasteiger partial charge in [-0.15, -0.1) is 0 Å². The molecule has 16 rings (SSSR count). The van der Waals surface area contributed by atoms with Crippen LogP contribution < -0.4 is 18.9 Å². The molecular formula is C97H136O16. The van der Waals surface area contributed by atoms with Gasteiger partial charge in [-0.05, 0) is 290 Å². The van der Waals surface area contributed by atoms with Gasteiger partial charge in [0.15, 0.2) is 11.3 Å². The Kier molecular flexibility index (Phi) is 18.3. The summed E-state index contributed by atoms with van der Waals surface area (Å²) in [5.41, 5.74) is 16.7. The Hall–Kier alpha value is -6.34. The van der Waals surface area contributed by atoms with Crippen molar-refractivity contribution >= 4 is 49.5 Å². The number of rotatable bonds is 0. The largest absolute Gasteiger partial charge is 0.461 e. The SMILES string of the molecule is CC1=C(C)C2(Oc3c1cc1oc(C)c(C)c1c3C)OC(C)(C)C(C)(C)O2.Cc1oc2c(C)c3c(c(C)c2c1C)OC1(OC(C)(C)C(C)(C)O1)C(C)(C)C3(C)C.Cc1oc2c3c(c(C)c(C)c2c1C)C(C)(C)C(C)(C)C1(O3)OC(C)(C)C(C)(C)O1.Cc1oc2c3c(c(C)c(C)c2c1C)OC1(OC(C)(C)C(C)(C)O1)C(C)(C)C3(C)C. The molecule has 4 spiro atoms. The van der Waals surface area contributed by atoms with Crippen molar-refractivity contribution < 1.29 is 74.5 Å². The average Bonchev–Trinajstić information content (AvgIpc) is 1.58. The summed E-state index contributed by atoms with van der Waals surface area (Å²) in [7, 11) is 0. The number of hydrogen-bond donors (Lipinski definition) is 0. The maximum Gasteiger partial charge on any atom is 0.353 e. The molecule has 0 bridgehead atoms. The second kappa shape index (κ2) is 24.4. The minimum absolute atomic E-state index is 0.283. The lowest BCUT2D eigenvalue weighted by atomic mass is 9.59. The zero-order valence-corrected chi connectivity index (χ0v) is 77.6. The van der Waals surface area contributed by atoms with E-state index in [0.29, 0.717) is 0 Å². The molecule has 8 aromatic rings. The Morgan fingerprint density at radius 2 is 0.522 bits per heavy atom. The van der Waals surface area contributed by atoms with Gasteiger partial charge < -0.3 is 74.5 Å². The van der Waals surface area contributed by atoms with E-state index in [1.54, 1.807) is 0 Å². The topological polar surface area (TPSA) is 163 Å². The smallest absolute Gasteiger partial charge is 0.353 e. The number of benzene rings is 4. The molecular weight excluding hydrogens is 1420 g/mol. The van der Waals surface area contributed by atoms with Crippen LogP contribution in [0.3, 0.4) is 0 Å². The van der Waals surface area contributed by atoms with Crippen LogP contribution in [-0.2, 0) is 54.1 Å². The van der Waals surface area contributed by atoms with Crippen molar-refractivity contribution in [1.29, 1.82) is 0 Å². The number of aryl methyl sites for hydroxylation is 13. The molecule has 4 aromatic carbocycles. The lowest BCUT2D eigenvalue weighted by Gasteiger charge is -2.55. The number of fused-ring (bicyclic) bond motifs is 10. The van der Waals surface area contributed by atoms with E-state index < -0.39 is 84.9 Å². The molecule has 0 unspecified atom stereocenters. The molecule has 12 heterocycles. The van der Waals surface area contributed by atoms with Gasteiger partial charge in [-0.3, -0.25) is 0 Å². The fourth-order valence-electron chi connectivity index (χ4n) is 18.6. The van der Waals surface area contributed by atoms with E-state index in [-0.39, 0.29) is 16.2 Å². The minimum atomic E-state index is -1.21. The fraction of sp³-hybridized carbons (Fsp3) is 0.649. The predicted octanol–water partition coefficient (Wildman–Crippen LogP) is 25.7. The molecule has 0 aliphatic carbocycles. The Morgan fingerprint density at radius 1 is 0.230 bits per heavy atom. The third-order valence-electron chi connectivity index (χ3n) is 32.1. The Balaban J connectivity index is 0.000000132. The summed E-state index contributed by atoms with van der Waals surface area (Å²) >= 11 is 0. The van der Waals surface area contributed by atoms with E-state index in [4.69, 9.17) is 74.5 Å². The van der Waals surface area contributed by atoms with E-state index >= 15 is 0 Å². The summed E-state index contributed by atoms with van der Waals surface area (Å²) in [4.78, 5) is 0. The van der Waals surface area contributed by atoms with Crippen LogP contribution in [0.15, 0.2) is 29.3 Å². The van der Waals surface area contributed by atoms with Crippen molar-refractivity contribution in [2.75, 3.05) is 0 Å². The van der Waals surface area contributed by atoms with Gasteiger partial charge in [-0.2, -0.15) is 0 Å². The molecule has 8 aliphatic rings. The molecule has 16 nitrogen and oxygen atoms in total. The molecule has 0 radical (unpaired) electrons. The summed E-state index contributed by atoms with van der Waals surface area (Å²) in [5.74, 6) is 2.31. The highest BCUT2D eigenvalue weighted by atomic mass is 16.9. The van der Waals surface area contributed by atoms with Crippen LogP contribution in [0.5, 0.6) is 23.0 Å². The van der Waals surface area contributed by atoms with Crippen LogP contribution in [0.25, 0.3) is 49.5 Å². The third kappa shape index (κ3) is 10.8. The Morgan fingerprint density at radius 3 is 0.929 bits per heavy atom. The first-order chi connectivity index (χ1) is 50.9. The van der Waals surface area contributed by atoms with Gasteiger partial charge in [-0.1, -0.05) is 83.1 Å². The van der Waals surface area contributed by atoms with Gasteiger partial charge in [0.2, 0.25) is 0 Å². The van der Waals surface area contributed by atoms with Crippen LogP contribution >= 0.6 is 0 Å². The predicted molar refractivity (Wildman–Crippen MR) is 449 cm³/mol. The third-order valence-corrected chi connectivity index (χ3v) is 32.1. The maximum absolute atomic E-state index is 6.80. The molecule has 0 saturated carbocycles. The van der Waals surface area contributed by atoms with Crippen LogP contribution in [0, 0.1) is 120 Å². The molecule has 113 heavy (non-hydrogen) atoms. The summed E-state index contributed by atoms with van der Waals surface area (Å²) in [6.45, 7) is 95.4. The van der Waals surface area contributed by atoms with Crippen molar-refractivity contribution in [2.45, 2.75) is 397 Å². The monoisotopic (exact) mass is 1560 g/mol. The fourth-order valence-corrected chi connectivity index (χ4v) is 18.6. The molecule has 4 aromatic heterocycles. The van der Waals surface area contributed by atoms with Crippen molar-refractivity contribution in [1.82, 2.24) is 0 Å².